The van der Waals surface area contributed by atoms with E-state index in [1.54, 1.807) is 0 Å². The number of methoxy groups -OCH3 is 1. The van der Waals surface area contributed by atoms with Crippen molar-refractivity contribution in [3.63, 3.8) is 0 Å². The molecular formula is C11H12N2O6. The third-order valence-electron chi connectivity index (χ3n) is 2.36. The van der Waals surface area contributed by atoms with Gasteiger partial charge in [0.25, 0.3) is 5.69 Å². The van der Waals surface area contributed by atoms with Gasteiger partial charge in [0.05, 0.1) is 17.6 Å². The number of carbonyl (C=O) groups excluding carboxylic acids is 1. The Bertz CT molecular complexity index is 528. The molecular weight excluding hydrogens is 256 g/mol. The van der Waals surface area contributed by atoms with Crippen molar-refractivity contribution in [2.45, 2.75) is 13.0 Å². The van der Waals surface area contributed by atoms with Gasteiger partial charge in [0.2, 0.25) is 0 Å². The summed E-state index contributed by atoms with van der Waals surface area (Å²) in [6.07, 6.45) is 0. The second-order valence-electron chi connectivity index (χ2n) is 3.68. The number of nitro groups is 1. The number of hydrogen-bond acceptors (Lipinski definition) is 6. The van der Waals surface area contributed by atoms with E-state index in [-0.39, 0.29) is 16.9 Å². The molecule has 0 saturated carbocycles. The molecule has 0 radical (unpaired) electrons. The van der Waals surface area contributed by atoms with Crippen LogP contribution >= 0.6 is 0 Å². The predicted octanol–water partition coefficient (Wildman–Crippen LogP) is 1.27. The molecule has 0 aliphatic rings. The van der Waals surface area contributed by atoms with Gasteiger partial charge in [-0.05, 0) is 19.1 Å². The van der Waals surface area contributed by atoms with Crippen molar-refractivity contribution in [2.75, 3.05) is 12.4 Å². The summed E-state index contributed by atoms with van der Waals surface area (Å²) in [4.78, 5) is 32.2. The first-order valence-electron chi connectivity index (χ1n) is 5.23. The molecule has 1 aromatic rings. The van der Waals surface area contributed by atoms with E-state index in [1.165, 1.54) is 26.2 Å². The van der Waals surface area contributed by atoms with E-state index in [4.69, 9.17) is 5.11 Å². The molecule has 0 aromatic heterocycles. The largest absolute Gasteiger partial charge is 0.480 e. The number of hydrogen-bond donors (Lipinski definition) is 2. The van der Waals surface area contributed by atoms with Gasteiger partial charge >= 0.3 is 11.9 Å². The normalized spacial score (nSPS) is 11.5. The Morgan fingerprint density at radius 3 is 2.58 bits per heavy atom. The van der Waals surface area contributed by atoms with E-state index >= 15 is 0 Å². The third kappa shape index (κ3) is 3.41. The molecule has 1 aromatic carbocycles. The summed E-state index contributed by atoms with van der Waals surface area (Å²) in [5.74, 6) is -1.83. The van der Waals surface area contributed by atoms with Gasteiger partial charge in [-0.15, -0.1) is 0 Å². The number of ether oxygens (including phenoxy) is 1. The van der Waals surface area contributed by atoms with E-state index in [0.29, 0.717) is 0 Å². The van der Waals surface area contributed by atoms with Crippen LogP contribution in [0.4, 0.5) is 11.4 Å². The number of benzene rings is 1. The first-order valence-corrected chi connectivity index (χ1v) is 5.23. The van der Waals surface area contributed by atoms with Crippen LogP contribution in [-0.4, -0.2) is 35.1 Å². The van der Waals surface area contributed by atoms with E-state index in [0.717, 1.165) is 6.07 Å². The van der Waals surface area contributed by atoms with Crippen molar-refractivity contribution in [3.8, 4) is 0 Å². The number of nitro benzene ring substituents is 1. The van der Waals surface area contributed by atoms with Crippen molar-refractivity contribution in [1.82, 2.24) is 0 Å². The van der Waals surface area contributed by atoms with E-state index < -0.39 is 22.9 Å². The van der Waals surface area contributed by atoms with Crippen LogP contribution in [0.1, 0.15) is 17.3 Å². The molecule has 0 heterocycles. The highest BCUT2D eigenvalue weighted by Crippen LogP contribution is 2.26. The zero-order valence-electron chi connectivity index (χ0n) is 10.2. The SMILES string of the molecule is COC(=O)c1ccc([N+](=O)[O-])c(N[C@@H](C)C(=O)O)c1. The van der Waals surface area contributed by atoms with E-state index in [2.05, 4.69) is 10.1 Å². The first kappa shape index (κ1) is 14.4. The van der Waals surface area contributed by atoms with E-state index in [1.807, 2.05) is 0 Å². The third-order valence-corrected chi connectivity index (χ3v) is 2.36. The minimum atomic E-state index is -1.17. The number of rotatable bonds is 5. The van der Waals surface area contributed by atoms with Gasteiger partial charge in [-0.2, -0.15) is 0 Å². The van der Waals surface area contributed by atoms with Gasteiger partial charge in [0, 0.05) is 6.07 Å². The summed E-state index contributed by atoms with van der Waals surface area (Å²) in [6, 6.07) is 2.50. The van der Waals surface area contributed by atoms with Crippen LogP contribution in [-0.2, 0) is 9.53 Å². The zero-order chi connectivity index (χ0) is 14.6. The van der Waals surface area contributed by atoms with Crippen LogP contribution in [0.5, 0.6) is 0 Å². The van der Waals surface area contributed by atoms with Crippen molar-refractivity contribution in [2.24, 2.45) is 0 Å². The number of carboxylic acids is 1. The summed E-state index contributed by atoms with van der Waals surface area (Å²) < 4.78 is 4.49. The molecule has 8 heteroatoms. The summed E-state index contributed by atoms with van der Waals surface area (Å²) in [5.41, 5.74) is -0.281. The van der Waals surface area contributed by atoms with Crippen molar-refractivity contribution >= 4 is 23.3 Å². The molecule has 1 atom stereocenters. The monoisotopic (exact) mass is 268 g/mol. The molecule has 2 N–H and O–H groups in total. The second kappa shape index (κ2) is 5.80. The zero-order valence-corrected chi connectivity index (χ0v) is 10.2. The highest BCUT2D eigenvalue weighted by molar-refractivity contribution is 5.92. The van der Waals surface area contributed by atoms with Crippen molar-refractivity contribution < 1.29 is 24.4 Å². The average Bonchev–Trinajstić information content (AvgIpc) is 2.37. The molecule has 1 rings (SSSR count). The Morgan fingerprint density at radius 1 is 1.47 bits per heavy atom. The predicted molar refractivity (Wildman–Crippen MR) is 65.2 cm³/mol. The van der Waals surface area contributed by atoms with Gasteiger partial charge in [0.1, 0.15) is 11.7 Å². The minimum absolute atomic E-state index is 0.0530. The standard InChI is InChI=1S/C11H12N2O6/c1-6(10(14)15)12-8-5-7(11(16)19-2)3-4-9(8)13(17)18/h3-6,12H,1-2H3,(H,14,15)/t6-/m0/s1. The van der Waals surface area contributed by atoms with Gasteiger partial charge in [-0.25, -0.2) is 4.79 Å². The Kier molecular flexibility index (Phi) is 4.41. The van der Waals surface area contributed by atoms with Crippen LogP contribution in [0.3, 0.4) is 0 Å². The van der Waals surface area contributed by atoms with Crippen LogP contribution in [0, 0.1) is 10.1 Å². The van der Waals surface area contributed by atoms with Crippen molar-refractivity contribution in [3.05, 3.63) is 33.9 Å². The van der Waals surface area contributed by atoms with Gasteiger partial charge in [-0.1, -0.05) is 0 Å². The number of aliphatic carboxylic acids is 1. The highest BCUT2D eigenvalue weighted by atomic mass is 16.6. The quantitative estimate of drug-likeness (QED) is 0.468. The molecule has 0 spiro atoms. The fraction of sp³-hybridized carbons (Fsp3) is 0.273. The lowest BCUT2D eigenvalue weighted by Crippen LogP contribution is -2.26. The highest BCUT2D eigenvalue weighted by Gasteiger charge is 2.20. The number of nitrogens with zero attached hydrogens (tertiary/aromatic N) is 1. The van der Waals surface area contributed by atoms with Gasteiger partial charge in [-0.3, -0.25) is 14.9 Å². The molecule has 0 unspecified atom stereocenters. The number of anilines is 1. The maximum absolute atomic E-state index is 11.3. The Morgan fingerprint density at radius 2 is 2.11 bits per heavy atom. The van der Waals surface area contributed by atoms with Crippen LogP contribution < -0.4 is 5.32 Å². The maximum Gasteiger partial charge on any atom is 0.337 e. The first-order chi connectivity index (χ1) is 8.86. The smallest absolute Gasteiger partial charge is 0.337 e. The number of nitrogens with one attached hydrogen (secondary N) is 1. The summed E-state index contributed by atoms with van der Waals surface area (Å²) in [7, 11) is 1.18. The fourth-order valence-electron chi connectivity index (χ4n) is 1.35. The van der Waals surface area contributed by atoms with Crippen LogP contribution in [0.25, 0.3) is 0 Å². The molecule has 0 aliphatic carbocycles. The van der Waals surface area contributed by atoms with E-state index in [9.17, 15) is 19.7 Å². The molecule has 0 fully saturated rings. The number of esters is 1. The summed E-state index contributed by atoms with van der Waals surface area (Å²) in [6.45, 7) is 1.33. The number of carboxylic acid groups (broad SMARTS) is 1. The van der Waals surface area contributed by atoms with Gasteiger partial charge < -0.3 is 15.2 Å². The lowest BCUT2D eigenvalue weighted by Gasteiger charge is -2.11. The minimum Gasteiger partial charge on any atom is -0.480 e. The van der Waals surface area contributed by atoms with Crippen molar-refractivity contribution in [1.29, 1.82) is 0 Å². The molecule has 0 aliphatic heterocycles. The Balaban J connectivity index is 3.19. The molecule has 8 nitrogen and oxygen atoms in total. The van der Waals surface area contributed by atoms with Crippen LogP contribution in [0.2, 0.25) is 0 Å². The Labute approximate surface area is 108 Å². The summed E-state index contributed by atoms with van der Waals surface area (Å²) >= 11 is 0. The lowest BCUT2D eigenvalue weighted by molar-refractivity contribution is -0.384. The Hall–Kier alpha value is -2.64. The molecule has 0 bridgehead atoms. The molecule has 102 valence electrons. The topological polar surface area (TPSA) is 119 Å². The molecule has 19 heavy (non-hydrogen) atoms. The molecule has 0 saturated heterocycles. The second-order valence-corrected chi connectivity index (χ2v) is 3.68. The maximum atomic E-state index is 11.3. The fourth-order valence-corrected chi connectivity index (χ4v) is 1.35. The summed E-state index contributed by atoms with van der Waals surface area (Å²) in [5, 5.41) is 22.1. The molecule has 0 amide bonds. The van der Waals surface area contributed by atoms with Crippen LogP contribution in [0.15, 0.2) is 18.2 Å². The average molecular weight is 268 g/mol. The van der Waals surface area contributed by atoms with Gasteiger partial charge in [0.15, 0.2) is 0 Å². The lowest BCUT2D eigenvalue weighted by atomic mass is 10.1. The number of carbonyl (C=O) groups is 2.